The van der Waals surface area contributed by atoms with Crippen molar-refractivity contribution >= 4 is 64.4 Å². The van der Waals surface area contributed by atoms with Crippen molar-refractivity contribution in [3.05, 3.63) is 77.5 Å². The SMILES string of the molecule is CCOC(=O)/C(C)=C/[C@H](C(C)C)N(C)C(=O)[C@@H](NC(=O)[C@@H](N(C)C(=O)OCc1ccc(NC(=O)[C@H](CCCNC(N)=O)NC(=O)C(NC(=O)OC(C)(C)C)C(C)C)cc1)C(C)(C)c1cn(C)c2ccccc12)C(C)(C)C. The van der Waals surface area contributed by atoms with Crippen molar-refractivity contribution in [3.63, 3.8) is 0 Å². The number of para-hydroxylation sites is 1. The third-order valence-electron chi connectivity index (χ3n) is 12.9. The molecule has 20 heteroatoms. The maximum atomic E-state index is 15.1. The minimum atomic E-state index is -1.23. The van der Waals surface area contributed by atoms with Crippen molar-refractivity contribution in [2.75, 3.05) is 32.6 Å². The number of nitrogens with zero attached hydrogens (tertiary/aromatic N) is 3. The van der Waals surface area contributed by atoms with E-state index in [2.05, 4.69) is 26.6 Å². The van der Waals surface area contributed by atoms with Crippen LogP contribution < -0.4 is 32.3 Å². The first kappa shape index (κ1) is 63.2. The fourth-order valence-corrected chi connectivity index (χ4v) is 8.81. The minimum absolute atomic E-state index is 0.103. The van der Waals surface area contributed by atoms with Crippen molar-refractivity contribution in [1.29, 1.82) is 0 Å². The molecule has 20 nitrogen and oxygen atoms in total. The smallest absolute Gasteiger partial charge is 0.410 e. The van der Waals surface area contributed by atoms with E-state index >= 15 is 4.79 Å². The Bertz CT molecular complexity index is 2560. The second-order valence-electron chi connectivity index (χ2n) is 22.6. The van der Waals surface area contributed by atoms with Crippen LogP contribution in [-0.4, -0.2) is 125 Å². The van der Waals surface area contributed by atoms with Gasteiger partial charge in [-0.05, 0) is 94.0 Å². The zero-order chi connectivity index (χ0) is 57.6. The number of rotatable bonds is 23. The first-order chi connectivity index (χ1) is 35.2. The van der Waals surface area contributed by atoms with E-state index in [0.29, 0.717) is 16.8 Å². The molecule has 0 aliphatic heterocycles. The topological polar surface area (TPSA) is 262 Å². The number of anilines is 1. The molecule has 0 aliphatic carbocycles. The number of carbonyl (C=O) groups is 8. The van der Waals surface area contributed by atoms with E-state index in [1.807, 2.05) is 90.5 Å². The number of amides is 8. The quantitative estimate of drug-likeness (QED) is 0.0243. The Labute approximate surface area is 448 Å². The third-order valence-corrected chi connectivity index (χ3v) is 12.9. The van der Waals surface area contributed by atoms with Crippen LogP contribution in [0.25, 0.3) is 10.9 Å². The number of nitrogens with one attached hydrogen (secondary N) is 5. The van der Waals surface area contributed by atoms with Crippen LogP contribution in [-0.2, 0) is 57.3 Å². The number of carbonyl (C=O) groups excluding carboxylic acids is 8. The number of fused-ring (bicyclic) bond motifs is 1. The highest BCUT2D eigenvalue weighted by Gasteiger charge is 2.46. The molecule has 0 saturated heterocycles. The van der Waals surface area contributed by atoms with Gasteiger partial charge in [0.05, 0.1) is 12.6 Å². The van der Waals surface area contributed by atoms with Crippen LogP contribution in [0.3, 0.4) is 0 Å². The molecule has 5 atom stereocenters. The Morgan fingerprint density at radius 1 is 0.776 bits per heavy atom. The van der Waals surface area contributed by atoms with E-state index in [0.717, 1.165) is 16.5 Å². The highest BCUT2D eigenvalue weighted by molar-refractivity contribution is 5.98. The number of hydrogen-bond donors (Lipinski definition) is 6. The van der Waals surface area contributed by atoms with Crippen molar-refractivity contribution in [1.82, 2.24) is 35.6 Å². The van der Waals surface area contributed by atoms with Gasteiger partial charge in [-0.15, -0.1) is 0 Å². The summed E-state index contributed by atoms with van der Waals surface area (Å²) in [5.41, 5.74) is 5.43. The number of aromatic nitrogens is 1. The molecule has 420 valence electrons. The van der Waals surface area contributed by atoms with E-state index in [9.17, 15) is 33.6 Å². The first-order valence-electron chi connectivity index (χ1n) is 25.8. The van der Waals surface area contributed by atoms with Crippen molar-refractivity contribution < 1.29 is 52.6 Å². The summed E-state index contributed by atoms with van der Waals surface area (Å²) in [6.45, 7) is 25.1. The van der Waals surface area contributed by atoms with E-state index in [-0.39, 0.29) is 44.4 Å². The normalized spacial score (nSPS) is 14.1. The van der Waals surface area contributed by atoms with Gasteiger partial charge in [-0.25, -0.2) is 19.2 Å². The monoisotopic (exact) mass is 1060 g/mol. The van der Waals surface area contributed by atoms with Crippen LogP contribution in [0.4, 0.5) is 20.1 Å². The van der Waals surface area contributed by atoms with Crippen LogP contribution in [0.15, 0.2) is 66.4 Å². The van der Waals surface area contributed by atoms with Gasteiger partial charge in [0.15, 0.2) is 0 Å². The van der Waals surface area contributed by atoms with Gasteiger partial charge in [0.2, 0.25) is 23.6 Å². The number of nitrogens with two attached hydrogens (primary N) is 1. The lowest BCUT2D eigenvalue weighted by atomic mass is 9.76. The van der Waals surface area contributed by atoms with Gasteiger partial charge in [-0.2, -0.15) is 0 Å². The highest BCUT2D eigenvalue weighted by Crippen LogP contribution is 2.37. The zero-order valence-electron chi connectivity index (χ0n) is 47.8. The number of aryl methyl sites for hydroxylation is 1. The minimum Gasteiger partial charge on any atom is -0.463 e. The molecule has 3 rings (SSSR count). The molecule has 3 aromatic rings. The number of primary amides is 1. The molecule has 0 aliphatic rings. The number of hydrogen-bond acceptors (Lipinski definition) is 11. The Kier molecular flexibility index (Phi) is 22.5. The van der Waals surface area contributed by atoms with Gasteiger partial charge in [-0.1, -0.05) is 98.7 Å². The largest absolute Gasteiger partial charge is 0.463 e. The van der Waals surface area contributed by atoms with Gasteiger partial charge in [0.25, 0.3) is 0 Å². The second kappa shape index (κ2) is 27.1. The fourth-order valence-electron chi connectivity index (χ4n) is 8.81. The number of alkyl carbamates (subject to hydrolysis) is 1. The number of ether oxygens (including phenoxy) is 3. The summed E-state index contributed by atoms with van der Waals surface area (Å²) in [5, 5.41) is 14.5. The van der Waals surface area contributed by atoms with Gasteiger partial charge < -0.3 is 56.0 Å². The van der Waals surface area contributed by atoms with Crippen molar-refractivity contribution in [2.24, 2.45) is 30.0 Å². The maximum Gasteiger partial charge on any atom is 0.410 e. The molecule has 1 unspecified atom stereocenters. The number of urea groups is 1. The predicted octanol–water partition coefficient (Wildman–Crippen LogP) is 7.04. The molecule has 7 N–H and O–H groups in total. The third kappa shape index (κ3) is 17.7. The number of esters is 1. The van der Waals surface area contributed by atoms with Crippen molar-refractivity contribution in [3.8, 4) is 0 Å². The number of likely N-dealkylation sites (N-methyl/N-ethyl adjacent to an activating group) is 2. The highest BCUT2D eigenvalue weighted by atomic mass is 16.6. The molecule has 8 amide bonds. The summed E-state index contributed by atoms with van der Waals surface area (Å²) in [6, 6.07) is 8.48. The molecular formula is C56H85N9O11. The van der Waals surface area contributed by atoms with Gasteiger partial charge in [-0.3, -0.25) is 24.1 Å². The Morgan fingerprint density at radius 3 is 1.95 bits per heavy atom. The Hall–Kier alpha value is -7.12. The van der Waals surface area contributed by atoms with Crippen LogP contribution in [0.5, 0.6) is 0 Å². The van der Waals surface area contributed by atoms with E-state index in [1.165, 1.54) is 16.8 Å². The van der Waals surface area contributed by atoms with Crippen LogP contribution in [0.2, 0.25) is 0 Å². The predicted molar refractivity (Wildman–Crippen MR) is 293 cm³/mol. The van der Waals surface area contributed by atoms with Gasteiger partial charge >= 0.3 is 24.2 Å². The Morgan fingerprint density at radius 2 is 1.39 bits per heavy atom. The van der Waals surface area contributed by atoms with Crippen molar-refractivity contribution in [2.45, 2.75) is 158 Å². The fraction of sp³-hybridized carbons (Fsp3) is 0.571. The summed E-state index contributed by atoms with van der Waals surface area (Å²) < 4.78 is 18.4. The molecule has 0 saturated carbocycles. The van der Waals surface area contributed by atoms with E-state index in [4.69, 9.17) is 19.9 Å². The molecular weight excluding hydrogens is 975 g/mol. The van der Waals surface area contributed by atoms with Crippen LogP contribution >= 0.6 is 0 Å². The molecule has 0 bridgehead atoms. The van der Waals surface area contributed by atoms with Crippen LogP contribution in [0, 0.1) is 17.3 Å². The lowest BCUT2D eigenvalue weighted by Crippen LogP contribution is -2.63. The molecule has 76 heavy (non-hydrogen) atoms. The summed E-state index contributed by atoms with van der Waals surface area (Å²) in [6.07, 6.45) is 2.39. The maximum absolute atomic E-state index is 15.1. The standard InChI is InChI=1S/C56H85N9O11/c1-18-74-50(70)35(6)30-42(33(2)3)64(16)49(69)44(54(7,8)9)62-48(68)45(56(13,14)39-31-63(15)41-24-20-19-22-38(39)41)65(17)53(73)75-32-36-25-27-37(28-26-36)59-46(66)40(23-21-29-58-51(57)71)60-47(67)43(34(4)5)61-52(72)76-55(10,11)12/h19-20,22,24-28,30-31,33-34,40,42-45H,18,21,23,29,32H2,1-17H3,(H,59,66)(H,60,67)(H,61,72)(H,62,68)(H3,57,58,71)/b35-30+/t40-,42+,43?,44+,45+/m0/s1. The first-order valence-corrected chi connectivity index (χ1v) is 25.8. The average molecular weight is 1060 g/mol. The summed E-state index contributed by atoms with van der Waals surface area (Å²) >= 11 is 0. The molecule has 1 heterocycles. The molecule has 2 aromatic carbocycles. The van der Waals surface area contributed by atoms with Gasteiger partial charge in [0.1, 0.15) is 36.4 Å². The van der Waals surface area contributed by atoms with E-state index < -0.39 is 94.5 Å². The number of benzene rings is 2. The van der Waals surface area contributed by atoms with Crippen LogP contribution in [0.1, 0.15) is 121 Å². The lowest BCUT2D eigenvalue weighted by Gasteiger charge is -2.42. The Balaban J connectivity index is 1.92. The zero-order valence-corrected chi connectivity index (χ0v) is 47.8. The molecule has 0 fully saturated rings. The van der Waals surface area contributed by atoms with Gasteiger partial charge in [0, 0.05) is 61.5 Å². The average Bonchev–Trinajstić information content (AvgIpc) is 3.67. The summed E-state index contributed by atoms with van der Waals surface area (Å²) in [7, 11) is 5.02. The van der Waals surface area contributed by atoms with E-state index in [1.54, 1.807) is 85.9 Å². The molecule has 0 spiro atoms. The lowest BCUT2D eigenvalue weighted by molar-refractivity contribution is -0.142. The summed E-state index contributed by atoms with van der Waals surface area (Å²) in [5.74, 6) is -3.18. The molecule has 0 radical (unpaired) electrons. The second-order valence-corrected chi connectivity index (χ2v) is 22.6. The summed E-state index contributed by atoms with van der Waals surface area (Å²) in [4.78, 5) is 111. The molecule has 1 aromatic heterocycles.